The van der Waals surface area contributed by atoms with E-state index >= 15 is 0 Å². The van der Waals surface area contributed by atoms with Crippen molar-refractivity contribution in [1.82, 2.24) is 4.90 Å². The van der Waals surface area contributed by atoms with Gasteiger partial charge in [-0.2, -0.15) is 0 Å². The number of rotatable bonds is 4. The molecule has 0 aromatic carbocycles. The second kappa shape index (κ2) is 5.69. The zero-order valence-electron chi connectivity index (χ0n) is 9.35. The van der Waals surface area contributed by atoms with Gasteiger partial charge in [-0.25, -0.2) is 0 Å². The SMILES string of the molecule is N=C(N)N1CCC(CCC(N)C(=O)O)CC1. The Hall–Kier alpha value is -1.30. The second-order valence-corrected chi connectivity index (χ2v) is 4.34. The molecule has 6 heteroatoms. The van der Waals surface area contributed by atoms with Crippen molar-refractivity contribution >= 4 is 11.9 Å². The average molecular weight is 228 g/mol. The van der Waals surface area contributed by atoms with Crippen LogP contribution in [0.3, 0.4) is 0 Å². The molecule has 1 saturated heterocycles. The molecule has 1 heterocycles. The van der Waals surface area contributed by atoms with E-state index in [9.17, 15) is 4.79 Å². The van der Waals surface area contributed by atoms with E-state index in [0.29, 0.717) is 12.3 Å². The van der Waals surface area contributed by atoms with Crippen LogP contribution in [0.2, 0.25) is 0 Å². The van der Waals surface area contributed by atoms with E-state index in [-0.39, 0.29) is 5.96 Å². The molecule has 1 rings (SSSR count). The number of piperidine rings is 1. The highest BCUT2D eigenvalue weighted by Crippen LogP contribution is 2.21. The third-order valence-electron chi connectivity index (χ3n) is 3.16. The molecule has 1 aliphatic heterocycles. The number of carbonyl (C=O) groups is 1. The zero-order valence-corrected chi connectivity index (χ0v) is 9.35. The maximum absolute atomic E-state index is 10.5. The minimum absolute atomic E-state index is 0.126. The summed E-state index contributed by atoms with van der Waals surface area (Å²) in [7, 11) is 0. The van der Waals surface area contributed by atoms with Crippen LogP contribution >= 0.6 is 0 Å². The van der Waals surface area contributed by atoms with Crippen LogP contribution in [0.15, 0.2) is 0 Å². The van der Waals surface area contributed by atoms with Crippen molar-refractivity contribution < 1.29 is 9.90 Å². The van der Waals surface area contributed by atoms with Gasteiger partial charge >= 0.3 is 5.97 Å². The van der Waals surface area contributed by atoms with Crippen molar-refractivity contribution in [2.75, 3.05) is 13.1 Å². The van der Waals surface area contributed by atoms with Gasteiger partial charge in [0.05, 0.1) is 0 Å². The van der Waals surface area contributed by atoms with Crippen molar-refractivity contribution in [3.63, 3.8) is 0 Å². The molecule has 1 atom stereocenters. The maximum atomic E-state index is 10.5. The molecule has 0 aliphatic carbocycles. The molecule has 16 heavy (non-hydrogen) atoms. The lowest BCUT2D eigenvalue weighted by molar-refractivity contribution is -0.138. The molecular weight excluding hydrogens is 208 g/mol. The van der Waals surface area contributed by atoms with Gasteiger partial charge in [-0.3, -0.25) is 10.2 Å². The van der Waals surface area contributed by atoms with Gasteiger partial charge in [0.15, 0.2) is 5.96 Å². The summed E-state index contributed by atoms with van der Waals surface area (Å²) in [4.78, 5) is 12.4. The van der Waals surface area contributed by atoms with E-state index in [2.05, 4.69) is 0 Å². The van der Waals surface area contributed by atoms with Crippen LogP contribution in [-0.4, -0.2) is 41.1 Å². The first-order valence-corrected chi connectivity index (χ1v) is 5.58. The number of nitrogens with one attached hydrogen (secondary N) is 1. The highest BCUT2D eigenvalue weighted by atomic mass is 16.4. The van der Waals surface area contributed by atoms with Crippen molar-refractivity contribution in [3.05, 3.63) is 0 Å². The predicted octanol–water partition coefficient (Wildman–Crippen LogP) is -0.216. The fraction of sp³-hybridized carbons (Fsp3) is 0.800. The van der Waals surface area contributed by atoms with E-state index < -0.39 is 12.0 Å². The number of carboxylic acid groups (broad SMARTS) is 1. The van der Waals surface area contributed by atoms with Gasteiger partial charge in [-0.1, -0.05) is 0 Å². The van der Waals surface area contributed by atoms with Crippen LogP contribution in [0, 0.1) is 11.3 Å². The topological polar surface area (TPSA) is 116 Å². The van der Waals surface area contributed by atoms with E-state index in [0.717, 1.165) is 32.4 Å². The molecule has 6 N–H and O–H groups in total. The molecule has 6 nitrogen and oxygen atoms in total. The quantitative estimate of drug-likeness (QED) is 0.392. The molecule has 1 unspecified atom stereocenters. The van der Waals surface area contributed by atoms with Crippen LogP contribution in [0.1, 0.15) is 25.7 Å². The molecule has 1 aliphatic rings. The maximum Gasteiger partial charge on any atom is 0.320 e. The molecule has 92 valence electrons. The number of hydrogen-bond donors (Lipinski definition) is 4. The Morgan fingerprint density at radius 2 is 2.06 bits per heavy atom. The van der Waals surface area contributed by atoms with Crippen molar-refractivity contribution in [2.45, 2.75) is 31.7 Å². The van der Waals surface area contributed by atoms with Gasteiger partial charge in [0.2, 0.25) is 0 Å². The molecule has 0 aromatic rings. The number of nitrogens with two attached hydrogens (primary N) is 2. The Morgan fingerprint density at radius 3 is 2.50 bits per heavy atom. The molecular formula is C10H20N4O2. The first kappa shape index (κ1) is 12.8. The third kappa shape index (κ3) is 3.69. The molecule has 0 bridgehead atoms. The molecule has 0 spiro atoms. The Morgan fingerprint density at radius 1 is 1.50 bits per heavy atom. The summed E-state index contributed by atoms with van der Waals surface area (Å²) in [6.07, 6.45) is 3.30. The Kier molecular flexibility index (Phi) is 4.54. The van der Waals surface area contributed by atoms with Crippen molar-refractivity contribution in [1.29, 1.82) is 5.41 Å². The first-order valence-electron chi connectivity index (χ1n) is 5.58. The summed E-state index contributed by atoms with van der Waals surface area (Å²) in [6, 6.07) is -0.745. The summed E-state index contributed by atoms with van der Waals surface area (Å²) in [5.74, 6) is -0.289. The molecule has 0 radical (unpaired) electrons. The number of likely N-dealkylation sites (tertiary alicyclic amines) is 1. The van der Waals surface area contributed by atoms with Gasteiger partial charge in [0, 0.05) is 13.1 Å². The smallest absolute Gasteiger partial charge is 0.320 e. The molecule has 0 amide bonds. The molecule has 0 saturated carbocycles. The lowest BCUT2D eigenvalue weighted by Crippen LogP contribution is -2.42. The normalized spacial score (nSPS) is 19.4. The second-order valence-electron chi connectivity index (χ2n) is 4.34. The van der Waals surface area contributed by atoms with Crippen LogP contribution in [0.5, 0.6) is 0 Å². The molecule has 1 fully saturated rings. The van der Waals surface area contributed by atoms with Crippen molar-refractivity contribution in [3.8, 4) is 0 Å². The highest BCUT2D eigenvalue weighted by molar-refractivity contribution is 5.74. The number of aliphatic carboxylic acids is 1. The summed E-state index contributed by atoms with van der Waals surface area (Å²) in [5.41, 5.74) is 10.8. The standard InChI is InChI=1S/C10H20N4O2/c11-8(9(15)16)2-1-7-3-5-14(6-4-7)10(12)13/h7-8H,1-6,11H2,(H3,12,13)(H,15,16). The number of carboxylic acids is 1. The monoisotopic (exact) mass is 228 g/mol. The predicted molar refractivity (Wildman–Crippen MR) is 61.1 cm³/mol. The lowest BCUT2D eigenvalue weighted by Gasteiger charge is -2.32. The summed E-state index contributed by atoms with van der Waals surface area (Å²) in [5, 5.41) is 15.9. The summed E-state index contributed by atoms with van der Waals surface area (Å²) >= 11 is 0. The van der Waals surface area contributed by atoms with Crippen LogP contribution in [0.25, 0.3) is 0 Å². The fourth-order valence-corrected chi connectivity index (χ4v) is 2.00. The Labute approximate surface area is 95.1 Å². The highest BCUT2D eigenvalue weighted by Gasteiger charge is 2.21. The largest absolute Gasteiger partial charge is 0.480 e. The van der Waals surface area contributed by atoms with Gasteiger partial charge in [-0.15, -0.1) is 0 Å². The minimum atomic E-state index is -0.929. The number of nitrogens with zero attached hydrogens (tertiary/aromatic N) is 1. The van der Waals surface area contributed by atoms with Crippen LogP contribution in [0.4, 0.5) is 0 Å². The lowest BCUT2D eigenvalue weighted by atomic mass is 9.91. The van der Waals surface area contributed by atoms with Gasteiger partial charge < -0.3 is 21.5 Å². The van der Waals surface area contributed by atoms with E-state index in [1.807, 2.05) is 4.90 Å². The van der Waals surface area contributed by atoms with Gasteiger partial charge in [-0.05, 0) is 31.6 Å². The van der Waals surface area contributed by atoms with E-state index in [4.69, 9.17) is 22.0 Å². The minimum Gasteiger partial charge on any atom is -0.480 e. The summed E-state index contributed by atoms with van der Waals surface area (Å²) in [6.45, 7) is 1.59. The summed E-state index contributed by atoms with van der Waals surface area (Å²) < 4.78 is 0. The Bertz CT molecular complexity index is 262. The molecule has 0 aromatic heterocycles. The Balaban J connectivity index is 2.22. The van der Waals surface area contributed by atoms with Crippen LogP contribution in [-0.2, 0) is 4.79 Å². The number of guanidine groups is 1. The third-order valence-corrected chi connectivity index (χ3v) is 3.16. The van der Waals surface area contributed by atoms with Crippen LogP contribution < -0.4 is 11.5 Å². The van der Waals surface area contributed by atoms with E-state index in [1.54, 1.807) is 0 Å². The zero-order chi connectivity index (χ0) is 12.1. The fourth-order valence-electron chi connectivity index (χ4n) is 2.00. The van der Waals surface area contributed by atoms with Gasteiger partial charge in [0.1, 0.15) is 6.04 Å². The average Bonchev–Trinajstić information content (AvgIpc) is 2.26. The van der Waals surface area contributed by atoms with Gasteiger partial charge in [0.25, 0.3) is 0 Å². The van der Waals surface area contributed by atoms with Crippen molar-refractivity contribution in [2.24, 2.45) is 17.4 Å². The first-order chi connectivity index (χ1) is 7.50. The van der Waals surface area contributed by atoms with E-state index in [1.165, 1.54) is 0 Å². The number of hydrogen-bond acceptors (Lipinski definition) is 3.